The smallest absolute Gasteiger partial charge is 0.341 e. The highest BCUT2D eigenvalue weighted by atomic mass is 19.1. The Balaban J connectivity index is 3.21. The van der Waals surface area contributed by atoms with E-state index in [1.54, 1.807) is 0 Å². The van der Waals surface area contributed by atoms with E-state index >= 15 is 0 Å². The van der Waals surface area contributed by atoms with Gasteiger partial charge in [-0.3, -0.25) is 0 Å². The molecule has 0 aliphatic heterocycles. The molecule has 0 heterocycles. The fourth-order valence-corrected chi connectivity index (χ4v) is 1.28. The van der Waals surface area contributed by atoms with Crippen molar-refractivity contribution in [2.75, 3.05) is 0 Å². The fourth-order valence-electron chi connectivity index (χ4n) is 1.28. The molecule has 2 unspecified atom stereocenters. The number of hydrogen-bond donors (Lipinski definition) is 2. The summed E-state index contributed by atoms with van der Waals surface area (Å²) in [4.78, 5) is 10.4. The van der Waals surface area contributed by atoms with Gasteiger partial charge in [-0.1, -0.05) is 6.07 Å². The predicted octanol–water partition coefficient (Wildman–Crippen LogP) is 1.60. The van der Waals surface area contributed by atoms with Gasteiger partial charge in [0.25, 0.3) is 0 Å². The number of benzene rings is 1. The van der Waals surface area contributed by atoms with Crippen molar-refractivity contribution in [1.29, 1.82) is 0 Å². The Kier molecular flexibility index (Phi) is 3.23. The number of aliphatic carboxylic acids is 1. The summed E-state index contributed by atoms with van der Waals surface area (Å²) in [7, 11) is 0. The molecule has 0 aliphatic carbocycles. The minimum Gasteiger partial charge on any atom is -0.479 e. The van der Waals surface area contributed by atoms with Gasteiger partial charge in [-0.05, 0) is 13.0 Å². The standard InChI is InChI=1S/C10H9F3O3/c1-10(16,8(13)9(14)15)6-3-2-5(11)4-7(6)12/h2-4,8,16H,1H3,(H,14,15). The second-order valence-electron chi connectivity index (χ2n) is 3.47. The first-order chi connectivity index (χ1) is 7.26. The third-order valence-corrected chi connectivity index (χ3v) is 2.19. The van der Waals surface area contributed by atoms with Crippen LogP contribution in [0.2, 0.25) is 0 Å². The monoisotopic (exact) mass is 234 g/mol. The lowest BCUT2D eigenvalue weighted by atomic mass is 9.90. The topological polar surface area (TPSA) is 57.5 Å². The van der Waals surface area contributed by atoms with Gasteiger partial charge in [-0.15, -0.1) is 0 Å². The maximum atomic E-state index is 13.2. The maximum absolute atomic E-state index is 13.2. The lowest BCUT2D eigenvalue weighted by Gasteiger charge is -2.25. The Morgan fingerprint density at radius 1 is 1.44 bits per heavy atom. The summed E-state index contributed by atoms with van der Waals surface area (Å²) >= 11 is 0. The summed E-state index contributed by atoms with van der Waals surface area (Å²) in [5.41, 5.74) is -3.16. The van der Waals surface area contributed by atoms with Crippen molar-refractivity contribution >= 4 is 5.97 Å². The second-order valence-corrected chi connectivity index (χ2v) is 3.47. The maximum Gasteiger partial charge on any atom is 0.341 e. The van der Waals surface area contributed by atoms with Crippen LogP contribution in [0.5, 0.6) is 0 Å². The Morgan fingerprint density at radius 3 is 2.44 bits per heavy atom. The lowest BCUT2D eigenvalue weighted by molar-refractivity contribution is -0.154. The van der Waals surface area contributed by atoms with Crippen molar-refractivity contribution < 1.29 is 28.2 Å². The molecular weight excluding hydrogens is 225 g/mol. The summed E-state index contributed by atoms with van der Waals surface area (Å²) in [6, 6.07) is 2.06. The molecule has 0 saturated carbocycles. The zero-order valence-corrected chi connectivity index (χ0v) is 8.25. The number of carbonyl (C=O) groups is 1. The number of carboxylic acid groups (broad SMARTS) is 1. The van der Waals surface area contributed by atoms with Crippen molar-refractivity contribution in [1.82, 2.24) is 0 Å². The fraction of sp³-hybridized carbons (Fsp3) is 0.300. The van der Waals surface area contributed by atoms with Crippen molar-refractivity contribution in [2.45, 2.75) is 18.7 Å². The number of hydrogen-bond acceptors (Lipinski definition) is 2. The van der Waals surface area contributed by atoms with Gasteiger partial charge in [-0.2, -0.15) is 0 Å². The van der Waals surface area contributed by atoms with Crippen LogP contribution >= 0.6 is 0 Å². The third-order valence-electron chi connectivity index (χ3n) is 2.19. The molecule has 1 aromatic carbocycles. The first-order valence-corrected chi connectivity index (χ1v) is 4.31. The summed E-state index contributed by atoms with van der Waals surface area (Å²) in [6.07, 6.45) is -2.70. The number of alkyl halides is 1. The average molecular weight is 234 g/mol. The molecule has 1 rings (SSSR count). The van der Waals surface area contributed by atoms with Gasteiger partial charge in [-0.25, -0.2) is 18.0 Å². The van der Waals surface area contributed by atoms with Crippen molar-refractivity contribution in [3.05, 3.63) is 35.4 Å². The average Bonchev–Trinajstić information content (AvgIpc) is 2.15. The van der Waals surface area contributed by atoms with Gasteiger partial charge in [0.1, 0.15) is 17.2 Å². The Morgan fingerprint density at radius 2 is 2.00 bits per heavy atom. The van der Waals surface area contributed by atoms with Crippen LogP contribution in [0.4, 0.5) is 13.2 Å². The molecule has 0 radical (unpaired) electrons. The molecule has 0 bridgehead atoms. The molecule has 1 aromatic rings. The van der Waals surface area contributed by atoms with Crippen molar-refractivity contribution in [2.24, 2.45) is 0 Å². The number of halogens is 3. The molecule has 0 aliphatic rings. The van der Waals surface area contributed by atoms with Gasteiger partial charge in [0.15, 0.2) is 0 Å². The molecule has 0 spiro atoms. The molecule has 0 amide bonds. The van der Waals surface area contributed by atoms with Gasteiger partial charge < -0.3 is 10.2 Å². The van der Waals surface area contributed by atoms with Crippen molar-refractivity contribution in [3.8, 4) is 0 Å². The minimum absolute atomic E-state index is 0.443. The molecular formula is C10H9F3O3. The largest absolute Gasteiger partial charge is 0.479 e. The van der Waals surface area contributed by atoms with Crippen LogP contribution in [0.1, 0.15) is 12.5 Å². The minimum atomic E-state index is -2.70. The highest BCUT2D eigenvalue weighted by Crippen LogP contribution is 2.29. The van der Waals surface area contributed by atoms with E-state index < -0.39 is 34.9 Å². The number of rotatable bonds is 3. The van der Waals surface area contributed by atoms with E-state index in [2.05, 4.69) is 0 Å². The quantitative estimate of drug-likeness (QED) is 0.835. The van der Waals surface area contributed by atoms with Gasteiger partial charge in [0, 0.05) is 11.6 Å². The molecule has 16 heavy (non-hydrogen) atoms. The van der Waals surface area contributed by atoms with Crippen LogP contribution in [0.3, 0.4) is 0 Å². The molecule has 6 heteroatoms. The second kappa shape index (κ2) is 4.13. The SMILES string of the molecule is CC(O)(c1ccc(F)cc1F)C(F)C(=O)O. The Labute approximate surface area is 89.1 Å². The van der Waals surface area contributed by atoms with Crippen LogP contribution in [0.15, 0.2) is 18.2 Å². The lowest BCUT2D eigenvalue weighted by Crippen LogP contribution is -2.39. The summed E-state index contributed by atoms with van der Waals surface area (Å²) < 4.78 is 38.9. The van der Waals surface area contributed by atoms with Crippen LogP contribution < -0.4 is 0 Å². The molecule has 0 fully saturated rings. The van der Waals surface area contributed by atoms with E-state index in [4.69, 9.17) is 5.11 Å². The Hall–Kier alpha value is -1.56. The number of carboxylic acids is 1. The van der Waals surface area contributed by atoms with Crippen molar-refractivity contribution in [3.63, 3.8) is 0 Å². The van der Waals surface area contributed by atoms with Crippen LogP contribution in [-0.2, 0) is 10.4 Å². The summed E-state index contributed by atoms with van der Waals surface area (Å²) in [5.74, 6) is -4.02. The zero-order chi connectivity index (χ0) is 12.5. The van der Waals surface area contributed by atoms with E-state index in [9.17, 15) is 23.1 Å². The van der Waals surface area contributed by atoms with Gasteiger partial charge in [0.05, 0.1) is 0 Å². The molecule has 3 nitrogen and oxygen atoms in total. The highest BCUT2D eigenvalue weighted by Gasteiger charge is 2.41. The van der Waals surface area contributed by atoms with Gasteiger partial charge >= 0.3 is 5.97 Å². The summed E-state index contributed by atoms with van der Waals surface area (Å²) in [5, 5.41) is 18.0. The predicted molar refractivity (Wildman–Crippen MR) is 48.5 cm³/mol. The van der Waals surface area contributed by atoms with E-state index in [0.717, 1.165) is 19.1 Å². The van der Waals surface area contributed by atoms with E-state index in [-0.39, 0.29) is 0 Å². The molecule has 0 saturated heterocycles. The molecule has 88 valence electrons. The van der Waals surface area contributed by atoms with Gasteiger partial charge in [0.2, 0.25) is 6.17 Å². The molecule has 2 atom stereocenters. The third kappa shape index (κ3) is 2.16. The Bertz CT molecular complexity index is 418. The molecule has 2 N–H and O–H groups in total. The van der Waals surface area contributed by atoms with Crippen LogP contribution in [0, 0.1) is 11.6 Å². The van der Waals surface area contributed by atoms with E-state index in [1.807, 2.05) is 0 Å². The normalized spacial score (nSPS) is 16.6. The van der Waals surface area contributed by atoms with E-state index in [1.165, 1.54) is 0 Å². The molecule has 0 aromatic heterocycles. The van der Waals surface area contributed by atoms with Crippen LogP contribution in [-0.4, -0.2) is 22.4 Å². The van der Waals surface area contributed by atoms with Crippen LogP contribution in [0.25, 0.3) is 0 Å². The number of aliphatic hydroxyl groups is 1. The summed E-state index contributed by atoms with van der Waals surface area (Å²) in [6.45, 7) is 0.808. The highest BCUT2D eigenvalue weighted by molar-refractivity contribution is 5.74. The van der Waals surface area contributed by atoms with E-state index in [0.29, 0.717) is 6.07 Å². The zero-order valence-electron chi connectivity index (χ0n) is 8.25. The first kappa shape index (κ1) is 12.5. The first-order valence-electron chi connectivity index (χ1n) is 4.31.